The van der Waals surface area contributed by atoms with Crippen LogP contribution < -0.4 is 5.32 Å². The van der Waals surface area contributed by atoms with Crippen LogP contribution in [0.2, 0.25) is 0 Å². The molecule has 1 fully saturated rings. The number of ether oxygens (including phenoxy) is 1. The van der Waals surface area contributed by atoms with Gasteiger partial charge in [-0.2, -0.15) is 4.98 Å². The molecule has 0 radical (unpaired) electrons. The zero-order valence-electron chi connectivity index (χ0n) is 13.9. The van der Waals surface area contributed by atoms with Crippen LogP contribution in [0.25, 0.3) is 0 Å². The quantitative estimate of drug-likeness (QED) is 0.922. The van der Waals surface area contributed by atoms with Crippen molar-refractivity contribution in [1.29, 1.82) is 0 Å². The Kier molecular flexibility index (Phi) is 5.39. The lowest BCUT2D eigenvalue weighted by molar-refractivity contribution is 0.0256. The molecule has 0 aromatic carbocycles. The molecule has 0 saturated carbocycles. The second kappa shape index (κ2) is 7.09. The van der Waals surface area contributed by atoms with E-state index in [4.69, 9.17) is 9.26 Å². The third-order valence-electron chi connectivity index (χ3n) is 3.50. The van der Waals surface area contributed by atoms with Gasteiger partial charge in [-0.05, 0) is 40.0 Å². The summed E-state index contributed by atoms with van der Waals surface area (Å²) < 4.78 is 10.4. The van der Waals surface area contributed by atoms with Crippen molar-refractivity contribution >= 4 is 6.09 Å². The van der Waals surface area contributed by atoms with Gasteiger partial charge in [0.2, 0.25) is 5.89 Å². The Labute approximate surface area is 131 Å². The molecule has 7 nitrogen and oxygen atoms in total. The van der Waals surface area contributed by atoms with Crippen molar-refractivity contribution in [2.24, 2.45) is 0 Å². The first-order chi connectivity index (χ1) is 10.3. The van der Waals surface area contributed by atoms with Crippen molar-refractivity contribution in [2.75, 3.05) is 13.1 Å². The van der Waals surface area contributed by atoms with E-state index in [9.17, 15) is 4.79 Å². The second-order valence-corrected chi connectivity index (χ2v) is 6.71. The summed E-state index contributed by atoms with van der Waals surface area (Å²) in [6.45, 7) is 9.49. The number of amides is 1. The molecule has 1 aromatic heterocycles. The predicted molar refractivity (Wildman–Crippen MR) is 81.3 cm³/mol. The van der Waals surface area contributed by atoms with Crippen molar-refractivity contribution < 1.29 is 14.1 Å². The van der Waals surface area contributed by atoms with Gasteiger partial charge in [0.15, 0.2) is 5.82 Å². The number of nitrogens with one attached hydrogen (secondary N) is 1. The van der Waals surface area contributed by atoms with Crippen LogP contribution in [0.15, 0.2) is 4.52 Å². The lowest BCUT2D eigenvalue weighted by Crippen LogP contribution is -2.38. The van der Waals surface area contributed by atoms with Crippen LogP contribution in [0.5, 0.6) is 0 Å². The molecule has 0 aliphatic carbocycles. The maximum atomic E-state index is 12.1. The Balaban J connectivity index is 1.78. The summed E-state index contributed by atoms with van der Waals surface area (Å²) in [6.07, 6.45) is 2.66. The molecule has 1 aromatic rings. The molecular formula is C15H26N4O3. The van der Waals surface area contributed by atoms with Gasteiger partial charge in [-0.1, -0.05) is 5.16 Å². The molecular weight excluding hydrogens is 284 g/mol. The molecule has 22 heavy (non-hydrogen) atoms. The smallest absolute Gasteiger partial charge is 0.410 e. The highest BCUT2D eigenvalue weighted by molar-refractivity contribution is 5.68. The molecule has 7 heteroatoms. The van der Waals surface area contributed by atoms with Crippen LogP contribution >= 0.6 is 0 Å². The number of aromatic nitrogens is 2. The van der Waals surface area contributed by atoms with Gasteiger partial charge in [-0.15, -0.1) is 0 Å². The summed E-state index contributed by atoms with van der Waals surface area (Å²) in [5, 5.41) is 7.31. The minimum Gasteiger partial charge on any atom is -0.444 e. The fourth-order valence-corrected chi connectivity index (χ4v) is 2.46. The molecule has 2 heterocycles. The van der Waals surface area contributed by atoms with Crippen LogP contribution in [-0.2, 0) is 11.3 Å². The molecule has 0 spiro atoms. The highest BCUT2D eigenvalue weighted by atomic mass is 16.6. The highest BCUT2D eigenvalue weighted by Crippen LogP contribution is 2.15. The average molecular weight is 310 g/mol. The van der Waals surface area contributed by atoms with Gasteiger partial charge in [-0.3, -0.25) is 0 Å². The first kappa shape index (κ1) is 16.7. The lowest BCUT2D eigenvalue weighted by Gasteiger charge is -2.26. The van der Waals surface area contributed by atoms with Gasteiger partial charge in [0, 0.05) is 26.1 Å². The summed E-state index contributed by atoms with van der Waals surface area (Å²) in [6, 6.07) is 0.353. The monoisotopic (exact) mass is 310 g/mol. The SMILES string of the molecule is Cc1nc(CNC2CCCN(C(=O)OC(C)(C)C)CC2)no1. The van der Waals surface area contributed by atoms with Crippen LogP contribution in [-0.4, -0.2) is 45.9 Å². The summed E-state index contributed by atoms with van der Waals surface area (Å²) in [7, 11) is 0. The molecule has 1 aliphatic heterocycles. The predicted octanol–water partition coefficient (Wildman–Crippen LogP) is 2.26. The van der Waals surface area contributed by atoms with E-state index < -0.39 is 5.60 Å². The number of carbonyl (C=O) groups is 1. The summed E-state index contributed by atoms with van der Waals surface area (Å²) >= 11 is 0. The zero-order valence-corrected chi connectivity index (χ0v) is 13.9. The Hall–Kier alpha value is -1.63. The van der Waals surface area contributed by atoms with E-state index in [-0.39, 0.29) is 6.09 Å². The summed E-state index contributed by atoms with van der Waals surface area (Å²) in [4.78, 5) is 18.1. The standard InChI is InChI=1S/C15H26N4O3/c1-11-17-13(18-22-11)10-16-12-6-5-8-19(9-7-12)14(20)21-15(2,3)4/h12,16H,5-10H2,1-4H3. The first-order valence-electron chi connectivity index (χ1n) is 7.84. The van der Waals surface area contributed by atoms with E-state index in [0.717, 1.165) is 25.8 Å². The highest BCUT2D eigenvalue weighted by Gasteiger charge is 2.25. The summed E-state index contributed by atoms with van der Waals surface area (Å²) in [5.74, 6) is 1.25. The van der Waals surface area contributed by atoms with Crippen molar-refractivity contribution in [3.63, 3.8) is 0 Å². The van der Waals surface area contributed by atoms with Crippen molar-refractivity contribution in [1.82, 2.24) is 20.4 Å². The van der Waals surface area contributed by atoms with E-state index >= 15 is 0 Å². The van der Waals surface area contributed by atoms with E-state index in [1.54, 1.807) is 11.8 Å². The molecule has 1 N–H and O–H groups in total. The lowest BCUT2D eigenvalue weighted by atomic mass is 10.1. The number of rotatable bonds is 3. The fraction of sp³-hybridized carbons (Fsp3) is 0.800. The van der Waals surface area contributed by atoms with Gasteiger partial charge < -0.3 is 19.5 Å². The molecule has 1 aliphatic rings. The van der Waals surface area contributed by atoms with Crippen molar-refractivity contribution in [3.05, 3.63) is 11.7 Å². The van der Waals surface area contributed by atoms with Gasteiger partial charge in [0.25, 0.3) is 0 Å². The molecule has 1 amide bonds. The fourth-order valence-electron chi connectivity index (χ4n) is 2.46. The topological polar surface area (TPSA) is 80.5 Å². The van der Waals surface area contributed by atoms with Gasteiger partial charge >= 0.3 is 6.09 Å². The van der Waals surface area contributed by atoms with Crippen LogP contribution in [0.4, 0.5) is 4.79 Å². The number of nitrogens with zero attached hydrogens (tertiary/aromatic N) is 3. The molecule has 1 atom stereocenters. The number of hydrogen-bond donors (Lipinski definition) is 1. The van der Waals surface area contributed by atoms with E-state index in [1.165, 1.54) is 0 Å². The molecule has 2 rings (SSSR count). The normalized spacial score (nSPS) is 19.8. The van der Waals surface area contributed by atoms with Crippen LogP contribution in [0.1, 0.15) is 51.7 Å². The zero-order chi connectivity index (χ0) is 16.2. The van der Waals surface area contributed by atoms with Gasteiger partial charge in [-0.25, -0.2) is 4.79 Å². The second-order valence-electron chi connectivity index (χ2n) is 6.71. The number of likely N-dealkylation sites (tertiary alicyclic amines) is 1. The van der Waals surface area contributed by atoms with E-state index in [0.29, 0.717) is 30.8 Å². The Morgan fingerprint density at radius 1 is 1.41 bits per heavy atom. The molecule has 0 bridgehead atoms. The average Bonchev–Trinajstić information content (AvgIpc) is 2.69. The minimum atomic E-state index is -0.447. The molecule has 1 unspecified atom stereocenters. The third kappa shape index (κ3) is 5.29. The number of carbonyl (C=O) groups excluding carboxylic acids is 1. The number of hydrogen-bond acceptors (Lipinski definition) is 6. The van der Waals surface area contributed by atoms with Gasteiger partial charge in [0.05, 0.1) is 6.54 Å². The minimum absolute atomic E-state index is 0.220. The molecule has 1 saturated heterocycles. The van der Waals surface area contributed by atoms with Crippen LogP contribution in [0.3, 0.4) is 0 Å². The maximum Gasteiger partial charge on any atom is 0.410 e. The van der Waals surface area contributed by atoms with Crippen LogP contribution in [0, 0.1) is 6.92 Å². The maximum absolute atomic E-state index is 12.1. The molecule has 124 valence electrons. The van der Waals surface area contributed by atoms with E-state index in [2.05, 4.69) is 15.5 Å². The van der Waals surface area contributed by atoms with Crippen molar-refractivity contribution in [3.8, 4) is 0 Å². The Morgan fingerprint density at radius 3 is 2.82 bits per heavy atom. The Bertz CT molecular complexity index is 495. The first-order valence-corrected chi connectivity index (χ1v) is 7.84. The van der Waals surface area contributed by atoms with Crippen molar-refractivity contribution in [2.45, 2.75) is 65.1 Å². The van der Waals surface area contributed by atoms with Gasteiger partial charge in [0.1, 0.15) is 5.60 Å². The Morgan fingerprint density at radius 2 is 2.18 bits per heavy atom. The largest absolute Gasteiger partial charge is 0.444 e. The third-order valence-corrected chi connectivity index (χ3v) is 3.50. The summed E-state index contributed by atoms with van der Waals surface area (Å²) in [5.41, 5.74) is -0.447. The van der Waals surface area contributed by atoms with E-state index in [1.807, 2.05) is 20.8 Å². The number of aryl methyl sites for hydroxylation is 1.